The maximum absolute atomic E-state index is 11.6. The summed E-state index contributed by atoms with van der Waals surface area (Å²) < 4.78 is 0. The van der Waals surface area contributed by atoms with E-state index in [4.69, 9.17) is 5.73 Å². The van der Waals surface area contributed by atoms with E-state index in [2.05, 4.69) is 0 Å². The molecule has 87 valence electrons. The lowest BCUT2D eigenvalue weighted by molar-refractivity contribution is -0.140. The Kier molecular flexibility index (Phi) is 2.36. The van der Waals surface area contributed by atoms with Crippen LogP contribution in [0.1, 0.15) is 6.42 Å². The molecule has 1 unspecified atom stereocenters. The van der Waals surface area contributed by atoms with E-state index < -0.39 is 28.9 Å². The standard InChI is InChI=1S/C10H14N3O3/c1-12(2)13-5-3-4-6(9(11)16)10(13)7(14)8(10)15/h4,6H,3,5H2,1-2H3,(H2,11,16). The molecule has 0 aromatic carbocycles. The first-order chi connectivity index (χ1) is 7.44. The Balaban J connectivity index is 2.40. The Morgan fingerprint density at radius 3 is 2.44 bits per heavy atom. The summed E-state index contributed by atoms with van der Waals surface area (Å²) >= 11 is 0. The fraction of sp³-hybridized carbons (Fsp3) is 0.600. The van der Waals surface area contributed by atoms with Gasteiger partial charge in [0.2, 0.25) is 17.5 Å². The zero-order valence-corrected chi connectivity index (χ0v) is 9.27. The van der Waals surface area contributed by atoms with E-state index in [1.807, 2.05) is 0 Å². The second-order valence-corrected chi connectivity index (χ2v) is 4.30. The molecule has 0 aromatic heterocycles. The Morgan fingerprint density at radius 2 is 2.06 bits per heavy atom. The second kappa shape index (κ2) is 3.36. The maximum Gasteiger partial charge on any atom is 0.231 e. The highest BCUT2D eigenvalue weighted by Gasteiger charge is 2.75. The van der Waals surface area contributed by atoms with Gasteiger partial charge in [0.05, 0.1) is 5.92 Å². The van der Waals surface area contributed by atoms with Crippen molar-refractivity contribution in [2.45, 2.75) is 12.0 Å². The van der Waals surface area contributed by atoms with Crippen molar-refractivity contribution in [3.8, 4) is 0 Å². The number of amides is 1. The van der Waals surface area contributed by atoms with Crippen molar-refractivity contribution in [2.24, 2.45) is 11.7 Å². The summed E-state index contributed by atoms with van der Waals surface area (Å²) in [5.41, 5.74) is 3.92. The number of piperidine rings is 1. The average Bonchev–Trinajstić information content (AvgIpc) is 2.72. The van der Waals surface area contributed by atoms with Gasteiger partial charge >= 0.3 is 0 Å². The molecule has 0 aromatic rings. The van der Waals surface area contributed by atoms with Gasteiger partial charge in [0.1, 0.15) is 0 Å². The number of rotatable bonds is 2. The third kappa shape index (κ3) is 1.17. The Morgan fingerprint density at radius 1 is 1.50 bits per heavy atom. The summed E-state index contributed by atoms with van der Waals surface area (Å²) in [6, 6.07) is 0. The molecule has 2 rings (SSSR count). The molecule has 1 saturated carbocycles. The molecule has 1 amide bonds. The van der Waals surface area contributed by atoms with Crippen LogP contribution < -0.4 is 5.73 Å². The van der Waals surface area contributed by atoms with Crippen LogP contribution in [0.4, 0.5) is 0 Å². The predicted octanol–water partition coefficient (Wildman–Crippen LogP) is -1.63. The van der Waals surface area contributed by atoms with Crippen molar-refractivity contribution in [3.05, 3.63) is 6.42 Å². The van der Waals surface area contributed by atoms with E-state index >= 15 is 0 Å². The van der Waals surface area contributed by atoms with E-state index in [-0.39, 0.29) is 0 Å². The van der Waals surface area contributed by atoms with E-state index in [0.717, 1.165) is 0 Å². The van der Waals surface area contributed by atoms with Crippen LogP contribution in [0.2, 0.25) is 0 Å². The smallest absolute Gasteiger partial charge is 0.231 e. The molecule has 6 nitrogen and oxygen atoms in total. The highest BCUT2D eigenvalue weighted by molar-refractivity contribution is 6.67. The number of carbonyl (C=O) groups excluding carboxylic acids is 3. The molecule has 1 radical (unpaired) electrons. The van der Waals surface area contributed by atoms with Gasteiger partial charge in [-0.05, 0) is 12.8 Å². The van der Waals surface area contributed by atoms with Crippen molar-refractivity contribution in [2.75, 3.05) is 20.6 Å². The van der Waals surface area contributed by atoms with Gasteiger partial charge in [0, 0.05) is 20.6 Å². The Hall–Kier alpha value is -1.27. The number of carbonyl (C=O) groups is 3. The molecule has 1 aliphatic carbocycles. The van der Waals surface area contributed by atoms with Gasteiger partial charge in [-0.15, -0.1) is 0 Å². The fourth-order valence-corrected chi connectivity index (χ4v) is 2.47. The van der Waals surface area contributed by atoms with E-state index in [1.54, 1.807) is 30.5 Å². The van der Waals surface area contributed by atoms with Crippen LogP contribution in [0.25, 0.3) is 0 Å². The molecule has 2 fully saturated rings. The predicted molar refractivity (Wildman–Crippen MR) is 54.7 cm³/mol. The highest BCUT2D eigenvalue weighted by atomic mass is 16.2. The monoisotopic (exact) mass is 224 g/mol. The minimum absolute atomic E-state index is 0.513. The summed E-state index contributed by atoms with van der Waals surface area (Å²) in [6.07, 6.45) is 2.30. The lowest BCUT2D eigenvalue weighted by Crippen LogP contribution is -2.59. The largest absolute Gasteiger partial charge is 0.369 e. The van der Waals surface area contributed by atoms with E-state index in [0.29, 0.717) is 13.0 Å². The topological polar surface area (TPSA) is 83.7 Å². The first-order valence-electron chi connectivity index (χ1n) is 5.10. The number of hydrogen-bond acceptors (Lipinski definition) is 5. The summed E-state index contributed by atoms with van der Waals surface area (Å²) in [6.45, 7) is 0.550. The van der Waals surface area contributed by atoms with Gasteiger partial charge in [0.25, 0.3) is 0 Å². The van der Waals surface area contributed by atoms with Crippen LogP contribution >= 0.6 is 0 Å². The molecule has 1 atom stereocenters. The fourth-order valence-electron chi connectivity index (χ4n) is 2.47. The van der Waals surface area contributed by atoms with Crippen LogP contribution in [-0.2, 0) is 14.4 Å². The van der Waals surface area contributed by atoms with Crippen molar-refractivity contribution < 1.29 is 14.4 Å². The summed E-state index contributed by atoms with van der Waals surface area (Å²) in [4.78, 5) is 34.5. The van der Waals surface area contributed by atoms with Gasteiger partial charge in [-0.25, -0.2) is 10.0 Å². The molecule has 2 N–H and O–H groups in total. The number of Topliss-reactive ketones (excluding diaryl/α,β-unsaturated/α-hetero) is 2. The van der Waals surface area contributed by atoms with Crippen LogP contribution in [0.5, 0.6) is 0 Å². The van der Waals surface area contributed by atoms with Gasteiger partial charge in [-0.1, -0.05) is 0 Å². The summed E-state index contributed by atoms with van der Waals surface area (Å²) in [5, 5.41) is 3.30. The second-order valence-electron chi connectivity index (χ2n) is 4.30. The third-order valence-corrected chi connectivity index (χ3v) is 3.23. The average molecular weight is 224 g/mol. The number of hydrazine groups is 1. The lowest BCUT2D eigenvalue weighted by atomic mass is 9.87. The number of primary amides is 1. The molecule has 1 heterocycles. The van der Waals surface area contributed by atoms with Crippen LogP contribution in [0.3, 0.4) is 0 Å². The molecule has 1 saturated heterocycles. The van der Waals surface area contributed by atoms with E-state index in [1.165, 1.54) is 0 Å². The molecule has 1 spiro atoms. The lowest BCUT2D eigenvalue weighted by Gasteiger charge is -2.40. The minimum atomic E-state index is -1.33. The first-order valence-corrected chi connectivity index (χ1v) is 5.10. The van der Waals surface area contributed by atoms with Gasteiger partial charge in [-0.2, -0.15) is 0 Å². The van der Waals surface area contributed by atoms with Crippen LogP contribution in [0, 0.1) is 12.3 Å². The molecule has 0 bridgehead atoms. The van der Waals surface area contributed by atoms with Gasteiger partial charge in [0.15, 0.2) is 5.54 Å². The number of nitrogens with two attached hydrogens (primary N) is 1. The number of nitrogens with zero attached hydrogens (tertiary/aromatic N) is 2. The zero-order valence-electron chi connectivity index (χ0n) is 9.27. The van der Waals surface area contributed by atoms with Crippen LogP contribution in [-0.4, -0.2) is 53.7 Å². The summed E-state index contributed by atoms with van der Waals surface area (Å²) in [5.74, 6) is -2.45. The minimum Gasteiger partial charge on any atom is -0.369 e. The molecule has 16 heavy (non-hydrogen) atoms. The van der Waals surface area contributed by atoms with Crippen molar-refractivity contribution in [1.82, 2.24) is 10.0 Å². The quantitative estimate of drug-likeness (QED) is 0.449. The highest BCUT2D eigenvalue weighted by Crippen LogP contribution is 2.45. The van der Waals surface area contributed by atoms with Crippen molar-refractivity contribution >= 4 is 17.5 Å². The SMILES string of the molecule is CN(C)N1CC[CH]C(C(N)=O)C12C(=O)C2=O. The third-order valence-electron chi connectivity index (χ3n) is 3.23. The first kappa shape index (κ1) is 11.2. The number of ketones is 2. The van der Waals surface area contributed by atoms with Gasteiger partial charge < -0.3 is 5.73 Å². The molecule has 6 heteroatoms. The molecule has 1 aliphatic heterocycles. The Bertz CT molecular complexity index is 364. The van der Waals surface area contributed by atoms with Gasteiger partial charge in [-0.3, -0.25) is 14.4 Å². The molecular weight excluding hydrogens is 210 g/mol. The zero-order chi connectivity index (χ0) is 12.1. The maximum atomic E-state index is 11.6. The Labute approximate surface area is 93.3 Å². The van der Waals surface area contributed by atoms with E-state index in [9.17, 15) is 14.4 Å². The molecular formula is C10H14N3O3. The molecule has 2 aliphatic rings. The number of hydrogen-bond donors (Lipinski definition) is 1. The van der Waals surface area contributed by atoms with Crippen molar-refractivity contribution in [1.29, 1.82) is 0 Å². The van der Waals surface area contributed by atoms with Crippen LogP contribution in [0.15, 0.2) is 0 Å². The van der Waals surface area contributed by atoms with Crippen molar-refractivity contribution in [3.63, 3.8) is 0 Å². The normalized spacial score (nSPS) is 28.8. The summed E-state index contributed by atoms with van der Waals surface area (Å²) in [7, 11) is 3.48.